The first-order valence-electron chi connectivity index (χ1n) is 5.66. The van der Waals surface area contributed by atoms with Crippen LogP contribution < -0.4 is 0 Å². The number of benzene rings is 1. The van der Waals surface area contributed by atoms with Crippen molar-refractivity contribution in [1.82, 2.24) is 4.90 Å². The molecule has 1 atom stereocenters. The van der Waals surface area contributed by atoms with Gasteiger partial charge in [-0.3, -0.25) is 0 Å². The molecule has 0 bridgehead atoms. The normalized spacial score (nSPS) is 18.8. The maximum Gasteiger partial charge on any atom is 0.146 e. The van der Waals surface area contributed by atoms with Crippen molar-refractivity contribution in [2.75, 3.05) is 34.1 Å². The molecule has 1 unspecified atom stereocenters. The monoisotopic (exact) mass is 257 g/mol. The van der Waals surface area contributed by atoms with Crippen molar-refractivity contribution in [3.8, 4) is 0 Å². The molecule has 0 amide bonds. The Labute approximate surface area is 109 Å². The summed E-state index contributed by atoms with van der Waals surface area (Å²) in [6.07, 6.45) is 0. The molecule has 1 aromatic rings. The van der Waals surface area contributed by atoms with Gasteiger partial charge >= 0.3 is 0 Å². The average Bonchev–Trinajstić information content (AvgIpc) is 2.31. The summed E-state index contributed by atoms with van der Waals surface area (Å²) >= 11 is 0. The predicted molar refractivity (Wildman–Crippen MR) is 70.4 cm³/mol. The Morgan fingerprint density at radius 1 is 1.12 bits per heavy atom. The van der Waals surface area contributed by atoms with Crippen LogP contribution in [-0.4, -0.2) is 39.0 Å². The molecule has 1 fully saturated rings. The van der Waals surface area contributed by atoms with Crippen LogP contribution in [0.5, 0.6) is 0 Å². The van der Waals surface area contributed by atoms with E-state index in [0.717, 1.165) is 13.2 Å². The predicted octanol–water partition coefficient (Wildman–Crippen LogP) is 2.33. The van der Waals surface area contributed by atoms with Crippen molar-refractivity contribution >= 4 is 12.4 Å². The van der Waals surface area contributed by atoms with Crippen LogP contribution in [0.2, 0.25) is 0 Å². The minimum absolute atomic E-state index is 0. The van der Waals surface area contributed by atoms with E-state index in [1.54, 1.807) is 0 Å². The van der Waals surface area contributed by atoms with Gasteiger partial charge in [0.25, 0.3) is 0 Å². The van der Waals surface area contributed by atoms with E-state index in [4.69, 9.17) is 9.47 Å². The Balaban J connectivity index is 0.00000144. The maximum absolute atomic E-state index is 5.39. The quantitative estimate of drug-likeness (QED) is 0.830. The molecule has 1 aromatic carbocycles. The van der Waals surface area contributed by atoms with Crippen LogP contribution >= 0.6 is 12.4 Å². The van der Waals surface area contributed by atoms with Gasteiger partial charge in [-0.2, -0.15) is 0 Å². The topological polar surface area (TPSA) is 21.7 Å². The van der Waals surface area contributed by atoms with Gasteiger partial charge < -0.3 is 14.4 Å². The zero-order chi connectivity index (χ0) is 11.4. The van der Waals surface area contributed by atoms with Crippen LogP contribution in [0.4, 0.5) is 0 Å². The molecule has 1 aliphatic rings. The van der Waals surface area contributed by atoms with Gasteiger partial charge in [0.2, 0.25) is 0 Å². The standard InChI is InChI=1S/C13H19NO2.ClH/c1-14(2)13(11-6-4-3-5-7-11)12-8-15-10-16-9-12;/h3-7,12-13H,8-10H2,1-2H3;1H. The third-order valence-electron chi connectivity index (χ3n) is 2.97. The first kappa shape index (κ1) is 14.5. The average molecular weight is 258 g/mol. The summed E-state index contributed by atoms with van der Waals surface area (Å²) in [5.74, 6) is 0.408. The van der Waals surface area contributed by atoms with Gasteiger partial charge in [-0.05, 0) is 19.7 Å². The van der Waals surface area contributed by atoms with Gasteiger partial charge in [-0.25, -0.2) is 0 Å². The van der Waals surface area contributed by atoms with Gasteiger partial charge in [0.1, 0.15) is 6.79 Å². The summed E-state index contributed by atoms with van der Waals surface area (Å²) in [5, 5.41) is 0. The number of hydrogen-bond acceptors (Lipinski definition) is 3. The lowest BCUT2D eigenvalue weighted by molar-refractivity contribution is -0.139. The van der Waals surface area contributed by atoms with Crippen molar-refractivity contribution in [1.29, 1.82) is 0 Å². The van der Waals surface area contributed by atoms with E-state index in [1.807, 2.05) is 6.07 Å². The van der Waals surface area contributed by atoms with Crippen LogP contribution in [0.1, 0.15) is 11.6 Å². The summed E-state index contributed by atoms with van der Waals surface area (Å²) in [6, 6.07) is 10.9. The minimum Gasteiger partial charge on any atom is -0.355 e. The second-order valence-electron chi connectivity index (χ2n) is 4.44. The molecule has 1 saturated heterocycles. The Morgan fingerprint density at radius 2 is 1.71 bits per heavy atom. The van der Waals surface area contributed by atoms with Gasteiger partial charge in [-0.15, -0.1) is 12.4 Å². The van der Waals surface area contributed by atoms with Crippen molar-refractivity contribution in [2.24, 2.45) is 5.92 Å². The van der Waals surface area contributed by atoms with E-state index >= 15 is 0 Å². The molecule has 3 nitrogen and oxygen atoms in total. The molecule has 0 aliphatic carbocycles. The van der Waals surface area contributed by atoms with Gasteiger partial charge in [0.15, 0.2) is 0 Å². The van der Waals surface area contributed by atoms with Crippen molar-refractivity contribution in [3.05, 3.63) is 35.9 Å². The van der Waals surface area contributed by atoms with Gasteiger partial charge in [0.05, 0.1) is 13.2 Å². The van der Waals surface area contributed by atoms with Crippen LogP contribution in [0.25, 0.3) is 0 Å². The Kier molecular flexibility index (Phi) is 5.92. The lowest BCUT2D eigenvalue weighted by atomic mass is 9.93. The number of rotatable bonds is 3. The fraction of sp³-hybridized carbons (Fsp3) is 0.538. The Bertz CT molecular complexity index is 312. The molecule has 17 heavy (non-hydrogen) atoms. The maximum atomic E-state index is 5.39. The van der Waals surface area contributed by atoms with Crippen molar-refractivity contribution in [2.45, 2.75) is 6.04 Å². The smallest absolute Gasteiger partial charge is 0.146 e. The summed E-state index contributed by atoms with van der Waals surface area (Å²) in [7, 11) is 4.21. The Hall–Kier alpha value is -0.610. The summed E-state index contributed by atoms with van der Waals surface area (Å²) < 4.78 is 10.8. The second-order valence-corrected chi connectivity index (χ2v) is 4.44. The number of ether oxygens (including phenoxy) is 2. The third-order valence-corrected chi connectivity index (χ3v) is 2.97. The fourth-order valence-electron chi connectivity index (χ4n) is 2.33. The molecule has 1 heterocycles. The third kappa shape index (κ3) is 3.68. The van der Waals surface area contributed by atoms with E-state index in [-0.39, 0.29) is 12.4 Å². The van der Waals surface area contributed by atoms with Crippen LogP contribution in [0, 0.1) is 5.92 Å². The highest BCUT2D eigenvalue weighted by Gasteiger charge is 2.27. The van der Waals surface area contributed by atoms with Crippen molar-refractivity contribution < 1.29 is 9.47 Å². The Morgan fingerprint density at radius 3 is 2.24 bits per heavy atom. The molecule has 0 N–H and O–H groups in total. The molecule has 0 radical (unpaired) electrons. The summed E-state index contributed by atoms with van der Waals surface area (Å²) in [6.45, 7) is 1.99. The zero-order valence-corrected chi connectivity index (χ0v) is 11.2. The van der Waals surface area contributed by atoms with E-state index < -0.39 is 0 Å². The number of hydrogen-bond donors (Lipinski definition) is 0. The highest BCUT2D eigenvalue weighted by molar-refractivity contribution is 5.85. The molecule has 4 heteroatoms. The fourth-order valence-corrected chi connectivity index (χ4v) is 2.33. The van der Waals surface area contributed by atoms with Crippen LogP contribution in [-0.2, 0) is 9.47 Å². The second kappa shape index (κ2) is 6.97. The number of nitrogens with zero attached hydrogens (tertiary/aromatic N) is 1. The van der Waals surface area contributed by atoms with Gasteiger partial charge in [-0.1, -0.05) is 30.3 Å². The summed E-state index contributed by atoms with van der Waals surface area (Å²) in [5.41, 5.74) is 1.33. The lowest BCUT2D eigenvalue weighted by Gasteiger charge is -2.34. The van der Waals surface area contributed by atoms with Crippen molar-refractivity contribution in [3.63, 3.8) is 0 Å². The SMILES string of the molecule is CN(C)C(c1ccccc1)C1COCOC1.Cl. The summed E-state index contributed by atoms with van der Waals surface area (Å²) in [4.78, 5) is 2.23. The molecule has 96 valence electrons. The molecule has 0 saturated carbocycles. The van der Waals surface area contributed by atoms with E-state index in [0.29, 0.717) is 18.8 Å². The van der Waals surface area contributed by atoms with Crippen LogP contribution in [0.3, 0.4) is 0 Å². The number of halogens is 1. The molecule has 0 spiro atoms. The molecule has 2 rings (SSSR count). The van der Waals surface area contributed by atoms with E-state index in [9.17, 15) is 0 Å². The zero-order valence-electron chi connectivity index (χ0n) is 10.3. The highest BCUT2D eigenvalue weighted by atomic mass is 35.5. The lowest BCUT2D eigenvalue weighted by Crippen LogP contribution is -2.36. The molecular formula is C13H20ClNO2. The molecule has 1 aliphatic heterocycles. The first-order chi connectivity index (χ1) is 7.79. The highest BCUT2D eigenvalue weighted by Crippen LogP contribution is 2.28. The van der Waals surface area contributed by atoms with E-state index in [1.165, 1.54) is 5.56 Å². The minimum atomic E-state index is 0. The van der Waals surface area contributed by atoms with Gasteiger partial charge in [0, 0.05) is 12.0 Å². The largest absolute Gasteiger partial charge is 0.355 e. The van der Waals surface area contributed by atoms with Crippen LogP contribution in [0.15, 0.2) is 30.3 Å². The molecular weight excluding hydrogens is 238 g/mol. The first-order valence-corrected chi connectivity index (χ1v) is 5.66. The molecule has 0 aromatic heterocycles. The van der Waals surface area contributed by atoms with E-state index in [2.05, 4.69) is 43.3 Å².